The van der Waals surface area contributed by atoms with Crippen molar-refractivity contribution in [1.29, 1.82) is 0 Å². The second-order valence-corrected chi connectivity index (χ2v) is 8.54. The summed E-state index contributed by atoms with van der Waals surface area (Å²) in [5.74, 6) is -0.0253. The molecule has 0 spiro atoms. The van der Waals surface area contributed by atoms with Gasteiger partial charge in [-0.05, 0) is 60.7 Å². The molecule has 1 heterocycles. The highest BCUT2D eigenvalue weighted by atomic mass is 35.5. The molecule has 0 bridgehead atoms. The fraction of sp³-hybridized carbons (Fsp3) is 0.316. The van der Waals surface area contributed by atoms with Crippen LogP contribution >= 0.6 is 11.6 Å². The minimum absolute atomic E-state index is 0.0253. The predicted octanol–water partition coefficient (Wildman–Crippen LogP) is 3.16. The number of benzene rings is 2. The minimum atomic E-state index is -3.59. The summed E-state index contributed by atoms with van der Waals surface area (Å²) in [7, 11) is -3.59. The van der Waals surface area contributed by atoms with E-state index >= 15 is 0 Å². The molecule has 5 nitrogen and oxygen atoms in total. The van der Waals surface area contributed by atoms with Gasteiger partial charge in [0.05, 0.1) is 4.90 Å². The summed E-state index contributed by atoms with van der Waals surface area (Å²) in [6.07, 6.45) is 2.19. The van der Waals surface area contributed by atoms with E-state index in [1.54, 1.807) is 35.2 Å². The number of hydrogen-bond acceptors (Lipinski definition) is 3. The first-order valence-electron chi connectivity index (χ1n) is 8.52. The van der Waals surface area contributed by atoms with Gasteiger partial charge in [0.1, 0.15) is 0 Å². The lowest BCUT2D eigenvalue weighted by atomic mass is 10.0. The fourth-order valence-electron chi connectivity index (χ4n) is 3.13. The molecular formula is C19H21ClN2O3S. The van der Waals surface area contributed by atoms with Gasteiger partial charge in [-0.1, -0.05) is 23.7 Å². The average Bonchev–Trinajstić information content (AvgIpc) is 2.62. The highest BCUT2D eigenvalue weighted by molar-refractivity contribution is 7.89. The SMILES string of the molecule is CC(=O)N1CCCc2cc(S(=O)(=O)NCCc3ccc(Cl)cc3)ccc21. The third-order valence-electron chi connectivity index (χ3n) is 4.48. The second-order valence-electron chi connectivity index (χ2n) is 6.34. The van der Waals surface area contributed by atoms with E-state index in [4.69, 9.17) is 11.6 Å². The van der Waals surface area contributed by atoms with E-state index in [0.717, 1.165) is 29.7 Å². The maximum atomic E-state index is 12.6. The molecule has 0 atom stereocenters. The quantitative estimate of drug-likeness (QED) is 0.849. The zero-order valence-electron chi connectivity index (χ0n) is 14.5. The van der Waals surface area contributed by atoms with Crippen molar-refractivity contribution < 1.29 is 13.2 Å². The van der Waals surface area contributed by atoms with Crippen LogP contribution in [0, 0.1) is 0 Å². The van der Waals surface area contributed by atoms with Crippen LogP contribution in [0.1, 0.15) is 24.5 Å². The van der Waals surface area contributed by atoms with E-state index < -0.39 is 10.0 Å². The van der Waals surface area contributed by atoms with Crippen LogP contribution in [0.15, 0.2) is 47.4 Å². The summed E-state index contributed by atoms with van der Waals surface area (Å²) in [6, 6.07) is 12.3. The van der Waals surface area contributed by atoms with Crippen LogP contribution in [-0.4, -0.2) is 27.4 Å². The van der Waals surface area contributed by atoms with E-state index in [9.17, 15) is 13.2 Å². The zero-order valence-corrected chi connectivity index (χ0v) is 16.1. The van der Waals surface area contributed by atoms with Crippen molar-refractivity contribution >= 4 is 33.2 Å². The van der Waals surface area contributed by atoms with Crippen LogP contribution in [-0.2, 0) is 27.7 Å². The Hall–Kier alpha value is -1.89. The van der Waals surface area contributed by atoms with E-state index in [2.05, 4.69) is 4.72 Å². The molecule has 26 heavy (non-hydrogen) atoms. The Morgan fingerprint density at radius 3 is 2.62 bits per heavy atom. The Bertz CT molecular complexity index is 911. The van der Waals surface area contributed by atoms with Crippen LogP contribution in [0.2, 0.25) is 5.02 Å². The minimum Gasteiger partial charge on any atom is -0.312 e. The van der Waals surface area contributed by atoms with E-state index in [0.29, 0.717) is 24.5 Å². The van der Waals surface area contributed by atoms with E-state index in [1.807, 2.05) is 12.1 Å². The number of carbonyl (C=O) groups is 1. The summed E-state index contributed by atoms with van der Waals surface area (Å²) >= 11 is 5.85. The largest absolute Gasteiger partial charge is 0.312 e. The van der Waals surface area contributed by atoms with Crippen molar-refractivity contribution in [2.24, 2.45) is 0 Å². The van der Waals surface area contributed by atoms with Gasteiger partial charge in [-0.25, -0.2) is 13.1 Å². The molecule has 1 amide bonds. The van der Waals surface area contributed by atoms with Crippen LogP contribution in [0.3, 0.4) is 0 Å². The number of amides is 1. The van der Waals surface area contributed by atoms with Crippen LogP contribution < -0.4 is 9.62 Å². The number of nitrogens with zero attached hydrogens (tertiary/aromatic N) is 1. The van der Waals surface area contributed by atoms with Gasteiger partial charge in [0, 0.05) is 30.7 Å². The Balaban J connectivity index is 1.71. The molecule has 0 fully saturated rings. The number of anilines is 1. The molecule has 138 valence electrons. The standard InChI is InChI=1S/C19H21ClN2O3S/c1-14(23)22-12-2-3-16-13-18(8-9-19(16)22)26(24,25)21-11-10-15-4-6-17(20)7-5-15/h4-9,13,21H,2-3,10-12H2,1H3. The summed E-state index contributed by atoms with van der Waals surface area (Å²) in [5, 5.41) is 0.656. The van der Waals surface area contributed by atoms with Gasteiger partial charge in [-0.2, -0.15) is 0 Å². The lowest BCUT2D eigenvalue weighted by Gasteiger charge is -2.28. The van der Waals surface area contributed by atoms with Crippen molar-refractivity contribution in [1.82, 2.24) is 4.72 Å². The van der Waals surface area contributed by atoms with Crippen molar-refractivity contribution in [2.45, 2.75) is 31.1 Å². The number of rotatable bonds is 5. The predicted molar refractivity (Wildman–Crippen MR) is 103 cm³/mol. The topological polar surface area (TPSA) is 66.5 Å². The summed E-state index contributed by atoms with van der Waals surface area (Å²) in [4.78, 5) is 13.7. The Morgan fingerprint density at radius 2 is 1.92 bits per heavy atom. The normalized spacial score (nSPS) is 14.2. The molecule has 1 aliphatic heterocycles. The van der Waals surface area contributed by atoms with Gasteiger partial charge in [0.25, 0.3) is 0 Å². The first-order valence-corrected chi connectivity index (χ1v) is 10.4. The smallest absolute Gasteiger partial charge is 0.240 e. The lowest BCUT2D eigenvalue weighted by Crippen LogP contribution is -2.33. The second kappa shape index (κ2) is 7.78. The number of hydrogen-bond donors (Lipinski definition) is 1. The molecule has 3 rings (SSSR count). The van der Waals surface area contributed by atoms with Gasteiger partial charge in [-0.3, -0.25) is 4.79 Å². The van der Waals surface area contributed by atoms with Crippen LogP contribution in [0.25, 0.3) is 0 Å². The first kappa shape index (κ1) is 18.9. The molecule has 0 radical (unpaired) electrons. The number of nitrogens with one attached hydrogen (secondary N) is 1. The molecule has 0 aromatic heterocycles. The Kier molecular flexibility index (Phi) is 5.65. The molecule has 2 aromatic carbocycles. The fourth-order valence-corrected chi connectivity index (χ4v) is 4.34. The summed E-state index contributed by atoms with van der Waals surface area (Å²) in [5.41, 5.74) is 2.72. The maximum absolute atomic E-state index is 12.6. The number of sulfonamides is 1. The van der Waals surface area contributed by atoms with Gasteiger partial charge in [0.2, 0.25) is 15.9 Å². The van der Waals surface area contributed by atoms with Crippen molar-refractivity contribution in [3.8, 4) is 0 Å². The average molecular weight is 393 g/mol. The third kappa shape index (κ3) is 4.26. The summed E-state index contributed by atoms with van der Waals surface area (Å²) in [6.45, 7) is 2.51. The molecular weight excluding hydrogens is 372 g/mol. The molecule has 7 heteroatoms. The number of fused-ring (bicyclic) bond motifs is 1. The zero-order chi connectivity index (χ0) is 18.7. The first-order chi connectivity index (χ1) is 12.4. The van der Waals surface area contributed by atoms with Gasteiger partial charge < -0.3 is 4.90 Å². The highest BCUT2D eigenvalue weighted by Gasteiger charge is 2.22. The molecule has 0 unspecified atom stereocenters. The molecule has 1 N–H and O–H groups in total. The lowest BCUT2D eigenvalue weighted by molar-refractivity contribution is -0.116. The van der Waals surface area contributed by atoms with Gasteiger partial charge in [-0.15, -0.1) is 0 Å². The molecule has 2 aromatic rings. The molecule has 0 saturated carbocycles. The molecule has 0 aliphatic carbocycles. The van der Waals surface area contributed by atoms with Crippen molar-refractivity contribution in [2.75, 3.05) is 18.0 Å². The highest BCUT2D eigenvalue weighted by Crippen LogP contribution is 2.29. The van der Waals surface area contributed by atoms with E-state index in [-0.39, 0.29) is 10.8 Å². The van der Waals surface area contributed by atoms with Crippen molar-refractivity contribution in [3.05, 3.63) is 58.6 Å². The molecule has 0 saturated heterocycles. The Morgan fingerprint density at radius 1 is 1.19 bits per heavy atom. The van der Waals surface area contributed by atoms with Gasteiger partial charge in [0.15, 0.2) is 0 Å². The monoisotopic (exact) mass is 392 g/mol. The number of halogens is 1. The molecule has 1 aliphatic rings. The van der Waals surface area contributed by atoms with E-state index in [1.165, 1.54) is 6.92 Å². The summed E-state index contributed by atoms with van der Waals surface area (Å²) < 4.78 is 27.8. The number of carbonyl (C=O) groups excluding carboxylic acids is 1. The van der Waals surface area contributed by atoms with Crippen LogP contribution in [0.5, 0.6) is 0 Å². The Labute approximate surface area is 159 Å². The van der Waals surface area contributed by atoms with Gasteiger partial charge >= 0.3 is 0 Å². The van der Waals surface area contributed by atoms with Crippen molar-refractivity contribution in [3.63, 3.8) is 0 Å². The third-order valence-corrected chi connectivity index (χ3v) is 6.19. The number of aryl methyl sites for hydroxylation is 1. The van der Waals surface area contributed by atoms with Crippen LogP contribution in [0.4, 0.5) is 5.69 Å². The maximum Gasteiger partial charge on any atom is 0.240 e.